The number of rotatable bonds is 11. The van der Waals surface area contributed by atoms with Crippen LogP contribution in [0.2, 0.25) is 5.02 Å². The van der Waals surface area contributed by atoms with Gasteiger partial charge in [-0.2, -0.15) is 0 Å². The van der Waals surface area contributed by atoms with Gasteiger partial charge in [-0.3, -0.25) is 19.4 Å². The van der Waals surface area contributed by atoms with Crippen LogP contribution in [0.5, 0.6) is 0 Å². The largest absolute Gasteiger partial charge is 0.368 e. The molecule has 0 aliphatic heterocycles. The molecule has 0 aliphatic carbocycles. The van der Waals surface area contributed by atoms with Crippen LogP contribution in [0.25, 0.3) is 32.9 Å². The molecule has 4 N–H and O–H groups in total. The first-order valence-electron chi connectivity index (χ1n) is 13.6. The smallest absolute Gasteiger partial charge is 0.248 e. The lowest BCUT2D eigenvalue weighted by atomic mass is 10.1. The molecule has 4 aromatic heterocycles. The van der Waals surface area contributed by atoms with Crippen molar-refractivity contribution in [1.29, 1.82) is 0 Å². The molecule has 1 amide bonds. The topological polar surface area (TPSA) is 137 Å². The van der Waals surface area contributed by atoms with Crippen LogP contribution in [-0.4, -0.2) is 48.9 Å². The minimum Gasteiger partial charge on any atom is -0.368 e. The Labute approximate surface area is 247 Å². The van der Waals surface area contributed by atoms with E-state index < -0.39 is 5.91 Å². The van der Waals surface area contributed by atoms with Gasteiger partial charge in [0, 0.05) is 78.1 Å². The standard InChI is InChI=1S/C31H28ClN9O/c32-27-14-20(17-37-29(27)21-4-2-1-3-5-21)16-34-10-8-23-19-41(40-39-23)13-12-36-31-25-9-11-35-18-26(25)24-7-6-22(30(33)42)15-28(24)38-31/h1-7,9,11,14-15,17-19,34H,8,10,12-13,16H2,(H2,33,42)(H,36,38). The number of benzene rings is 2. The van der Waals surface area contributed by atoms with E-state index in [4.69, 9.17) is 22.3 Å². The maximum Gasteiger partial charge on any atom is 0.248 e. The van der Waals surface area contributed by atoms with E-state index in [9.17, 15) is 4.79 Å². The van der Waals surface area contributed by atoms with Crippen LogP contribution >= 0.6 is 11.6 Å². The molecule has 4 heterocycles. The number of nitrogens with zero attached hydrogens (tertiary/aromatic N) is 6. The summed E-state index contributed by atoms with van der Waals surface area (Å²) in [5.41, 5.74) is 10.3. The summed E-state index contributed by atoms with van der Waals surface area (Å²) < 4.78 is 1.81. The Balaban J connectivity index is 1.02. The van der Waals surface area contributed by atoms with Crippen LogP contribution in [0.3, 0.4) is 0 Å². The Morgan fingerprint density at radius 1 is 0.976 bits per heavy atom. The molecular formula is C31H28ClN9O. The van der Waals surface area contributed by atoms with Crippen molar-refractivity contribution in [1.82, 2.24) is 35.3 Å². The number of primary amides is 1. The van der Waals surface area contributed by atoms with Gasteiger partial charge in [-0.1, -0.05) is 53.2 Å². The summed E-state index contributed by atoms with van der Waals surface area (Å²) in [6.45, 7) is 2.58. The number of hydrogen-bond donors (Lipinski definition) is 3. The van der Waals surface area contributed by atoms with Gasteiger partial charge in [-0.25, -0.2) is 4.98 Å². The number of aromatic nitrogens is 6. The highest BCUT2D eigenvalue weighted by molar-refractivity contribution is 6.33. The van der Waals surface area contributed by atoms with Crippen LogP contribution in [0.1, 0.15) is 21.6 Å². The molecule has 0 radical (unpaired) electrons. The number of carbonyl (C=O) groups excluding carboxylic acids is 1. The second-order valence-corrected chi connectivity index (χ2v) is 10.3. The maximum atomic E-state index is 11.7. The van der Waals surface area contributed by atoms with Gasteiger partial charge < -0.3 is 16.4 Å². The molecule has 0 atom stereocenters. The summed E-state index contributed by atoms with van der Waals surface area (Å²) in [4.78, 5) is 25.3. The number of nitrogens with one attached hydrogen (secondary N) is 2. The fourth-order valence-corrected chi connectivity index (χ4v) is 5.12. The average molecular weight is 578 g/mol. The third kappa shape index (κ3) is 6.04. The van der Waals surface area contributed by atoms with Gasteiger partial charge >= 0.3 is 0 Å². The molecule has 11 heteroatoms. The third-order valence-corrected chi connectivity index (χ3v) is 7.22. The Kier molecular flexibility index (Phi) is 7.98. The van der Waals surface area contributed by atoms with Crippen LogP contribution < -0.4 is 16.4 Å². The summed E-state index contributed by atoms with van der Waals surface area (Å²) in [6.07, 6.45) is 8.08. The fraction of sp³-hybridized carbons (Fsp3) is 0.161. The van der Waals surface area contributed by atoms with Gasteiger partial charge in [0.1, 0.15) is 5.82 Å². The summed E-state index contributed by atoms with van der Waals surface area (Å²) in [5, 5.41) is 18.8. The number of carbonyl (C=O) groups is 1. The predicted octanol–water partition coefficient (Wildman–Crippen LogP) is 4.63. The zero-order valence-electron chi connectivity index (χ0n) is 22.7. The van der Waals surface area contributed by atoms with Crippen LogP contribution in [0.4, 0.5) is 5.82 Å². The maximum absolute atomic E-state index is 11.7. The minimum atomic E-state index is -0.490. The van der Waals surface area contributed by atoms with Gasteiger partial charge in [0.15, 0.2) is 0 Å². The van der Waals surface area contributed by atoms with Gasteiger partial charge in [0.25, 0.3) is 0 Å². The first kappa shape index (κ1) is 27.3. The van der Waals surface area contributed by atoms with E-state index in [1.165, 1.54) is 0 Å². The number of halogens is 1. The third-order valence-electron chi connectivity index (χ3n) is 6.93. The monoisotopic (exact) mass is 577 g/mol. The molecule has 0 spiro atoms. The lowest BCUT2D eigenvalue weighted by molar-refractivity contribution is 0.100. The Morgan fingerprint density at radius 2 is 1.86 bits per heavy atom. The highest BCUT2D eigenvalue weighted by Gasteiger charge is 2.11. The second-order valence-electron chi connectivity index (χ2n) is 9.84. The Morgan fingerprint density at radius 3 is 2.69 bits per heavy atom. The summed E-state index contributed by atoms with van der Waals surface area (Å²) in [6, 6.07) is 19.1. The Bertz CT molecular complexity index is 1870. The molecule has 42 heavy (non-hydrogen) atoms. The molecule has 0 aliphatic rings. The van der Waals surface area contributed by atoms with Crippen molar-refractivity contribution in [3.63, 3.8) is 0 Å². The normalized spacial score (nSPS) is 11.3. The predicted molar refractivity (Wildman–Crippen MR) is 164 cm³/mol. The van der Waals surface area contributed by atoms with E-state index in [-0.39, 0.29) is 0 Å². The lowest BCUT2D eigenvalue weighted by Gasteiger charge is -2.12. The molecule has 0 fully saturated rings. The summed E-state index contributed by atoms with van der Waals surface area (Å²) in [7, 11) is 0. The molecule has 6 aromatic rings. The molecule has 6 rings (SSSR count). The lowest BCUT2D eigenvalue weighted by Crippen LogP contribution is -2.17. The zero-order chi connectivity index (χ0) is 28.9. The number of amides is 1. The van der Waals surface area contributed by atoms with Crippen molar-refractivity contribution >= 4 is 45.0 Å². The molecular weight excluding hydrogens is 550 g/mol. The molecule has 10 nitrogen and oxygen atoms in total. The molecule has 2 aromatic carbocycles. The molecule has 0 saturated heterocycles. The van der Waals surface area contributed by atoms with Crippen molar-refractivity contribution in [2.75, 3.05) is 18.4 Å². The van der Waals surface area contributed by atoms with Crippen LogP contribution in [0.15, 0.2) is 85.5 Å². The first-order valence-corrected chi connectivity index (χ1v) is 13.9. The number of fused-ring (bicyclic) bond motifs is 3. The van der Waals surface area contributed by atoms with E-state index in [0.29, 0.717) is 41.6 Å². The fourth-order valence-electron chi connectivity index (χ4n) is 4.82. The molecule has 210 valence electrons. The van der Waals surface area contributed by atoms with Gasteiger partial charge in [-0.05, 0) is 29.8 Å². The highest BCUT2D eigenvalue weighted by Crippen LogP contribution is 2.29. The molecule has 0 unspecified atom stereocenters. The molecule has 0 bridgehead atoms. The van der Waals surface area contributed by atoms with Crippen molar-refractivity contribution in [3.05, 3.63) is 107 Å². The van der Waals surface area contributed by atoms with Crippen LogP contribution in [0, 0.1) is 0 Å². The number of hydrogen-bond acceptors (Lipinski definition) is 8. The minimum absolute atomic E-state index is 0.412. The van der Waals surface area contributed by atoms with E-state index in [2.05, 4.69) is 30.9 Å². The number of pyridine rings is 3. The van der Waals surface area contributed by atoms with Gasteiger partial charge in [0.2, 0.25) is 5.91 Å². The van der Waals surface area contributed by atoms with Gasteiger partial charge in [0.05, 0.1) is 28.5 Å². The number of nitrogens with two attached hydrogens (primary N) is 1. The second kappa shape index (κ2) is 12.3. The van der Waals surface area contributed by atoms with Crippen LogP contribution in [-0.2, 0) is 19.5 Å². The summed E-state index contributed by atoms with van der Waals surface area (Å²) >= 11 is 6.49. The van der Waals surface area contributed by atoms with E-state index in [1.807, 2.05) is 65.6 Å². The van der Waals surface area contributed by atoms with Crippen molar-refractivity contribution in [3.8, 4) is 11.3 Å². The van der Waals surface area contributed by atoms with E-state index in [1.54, 1.807) is 24.5 Å². The average Bonchev–Trinajstić information content (AvgIpc) is 3.47. The number of anilines is 1. The van der Waals surface area contributed by atoms with E-state index >= 15 is 0 Å². The SMILES string of the molecule is NC(=O)c1ccc2c(c1)nc(NCCn1cc(CCNCc3cnc(-c4ccccc4)c(Cl)c3)nn1)c1ccncc12. The highest BCUT2D eigenvalue weighted by atomic mass is 35.5. The quantitative estimate of drug-likeness (QED) is 0.150. The van der Waals surface area contributed by atoms with Crippen molar-refractivity contribution in [2.24, 2.45) is 5.73 Å². The van der Waals surface area contributed by atoms with E-state index in [0.717, 1.165) is 51.6 Å². The van der Waals surface area contributed by atoms with Crippen molar-refractivity contribution in [2.45, 2.75) is 19.5 Å². The van der Waals surface area contributed by atoms with Gasteiger partial charge in [-0.15, -0.1) is 5.10 Å². The Hall–Kier alpha value is -4.93. The zero-order valence-corrected chi connectivity index (χ0v) is 23.4. The molecule has 0 saturated carbocycles. The first-order chi connectivity index (χ1) is 20.5. The summed E-state index contributed by atoms with van der Waals surface area (Å²) in [5.74, 6) is 0.216. The van der Waals surface area contributed by atoms with Crippen molar-refractivity contribution < 1.29 is 4.79 Å².